The van der Waals surface area contributed by atoms with E-state index >= 15 is 0 Å². The van der Waals surface area contributed by atoms with Gasteiger partial charge in [0.25, 0.3) is 0 Å². The van der Waals surface area contributed by atoms with E-state index in [4.69, 9.17) is 0 Å². The molecular weight excluding hydrogens is 381 g/mol. The van der Waals surface area contributed by atoms with Crippen LogP contribution >= 0.6 is 24.8 Å². The number of carbonyl (C=O) groups is 1. The normalized spacial score (nSPS) is 17.5. The maximum atomic E-state index is 12.3. The molecule has 0 bridgehead atoms. The molecule has 3 N–H and O–H groups in total. The molecule has 2 unspecified atom stereocenters. The van der Waals surface area contributed by atoms with Gasteiger partial charge in [-0.2, -0.15) is 0 Å². The molecule has 1 heterocycles. The molecule has 1 aromatic rings. The van der Waals surface area contributed by atoms with Gasteiger partial charge in [-0.1, -0.05) is 44.2 Å². The molecular formula is C21H37Cl2N3O. The molecule has 0 saturated carbocycles. The number of halogens is 2. The lowest BCUT2D eigenvalue weighted by molar-refractivity contribution is -0.121. The quantitative estimate of drug-likeness (QED) is 0.533. The van der Waals surface area contributed by atoms with Crippen molar-refractivity contribution in [2.45, 2.75) is 64.5 Å². The molecule has 0 aliphatic carbocycles. The van der Waals surface area contributed by atoms with Crippen LogP contribution in [0.3, 0.4) is 0 Å². The van der Waals surface area contributed by atoms with Crippen molar-refractivity contribution in [3.63, 3.8) is 0 Å². The number of carbonyl (C=O) groups excluding carboxylic acids is 1. The summed E-state index contributed by atoms with van der Waals surface area (Å²) < 4.78 is 0. The molecule has 0 radical (unpaired) electrons. The molecule has 156 valence electrons. The molecule has 1 aliphatic heterocycles. The Bertz CT molecular complexity index is 517. The highest BCUT2D eigenvalue weighted by atomic mass is 35.5. The zero-order valence-corrected chi connectivity index (χ0v) is 18.6. The highest BCUT2D eigenvalue weighted by Gasteiger charge is 2.28. The Labute approximate surface area is 177 Å². The van der Waals surface area contributed by atoms with Gasteiger partial charge in [0, 0.05) is 24.5 Å². The van der Waals surface area contributed by atoms with Gasteiger partial charge < -0.3 is 16.0 Å². The van der Waals surface area contributed by atoms with Crippen molar-refractivity contribution in [3.05, 3.63) is 35.9 Å². The van der Waals surface area contributed by atoms with E-state index in [1.807, 2.05) is 6.07 Å². The summed E-state index contributed by atoms with van der Waals surface area (Å²) in [4.78, 5) is 12.3. The lowest BCUT2D eigenvalue weighted by Crippen LogP contribution is -2.53. The zero-order chi connectivity index (χ0) is 18.1. The molecule has 27 heavy (non-hydrogen) atoms. The summed E-state index contributed by atoms with van der Waals surface area (Å²) in [6.07, 6.45) is 4.83. The molecule has 2 rings (SSSR count). The van der Waals surface area contributed by atoms with Gasteiger partial charge in [-0.05, 0) is 57.2 Å². The monoisotopic (exact) mass is 417 g/mol. The Morgan fingerprint density at radius 1 is 1.22 bits per heavy atom. The third-order valence-corrected chi connectivity index (χ3v) is 5.74. The van der Waals surface area contributed by atoms with Gasteiger partial charge in [0.05, 0.1) is 0 Å². The number of hydrogen-bond donors (Lipinski definition) is 3. The number of amides is 1. The van der Waals surface area contributed by atoms with Crippen LogP contribution in [0.1, 0.15) is 64.5 Å². The van der Waals surface area contributed by atoms with Gasteiger partial charge in [-0.25, -0.2) is 0 Å². The van der Waals surface area contributed by atoms with E-state index in [0.29, 0.717) is 18.9 Å². The summed E-state index contributed by atoms with van der Waals surface area (Å²) in [5.41, 5.74) is 1.23. The van der Waals surface area contributed by atoms with Crippen LogP contribution < -0.4 is 16.0 Å². The maximum absolute atomic E-state index is 12.3. The first kappa shape index (κ1) is 26.2. The Hall–Kier alpha value is -0.810. The fraction of sp³-hybridized carbons (Fsp3) is 0.667. The lowest BCUT2D eigenvalue weighted by Gasteiger charge is -2.36. The highest BCUT2D eigenvalue weighted by molar-refractivity contribution is 5.85. The average molecular weight is 418 g/mol. The van der Waals surface area contributed by atoms with Crippen molar-refractivity contribution in [2.24, 2.45) is 5.92 Å². The fourth-order valence-corrected chi connectivity index (χ4v) is 3.69. The summed E-state index contributed by atoms with van der Waals surface area (Å²) in [5, 5.41) is 10.3. The minimum absolute atomic E-state index is 0. The van der Waals surface area contributed by atoms with Crippen molar-refractivity contribution < 1.29 is 4.79 Å². The van der Waals surface area contributed by atoms with Crippen molar-refractivity contribution in [3.8, 4) is 0 Å². The summed E-state index contributed by atoms with van der Waals surface area (Å²) in [7, 11) is 0. The van der Waals surface area contributed by atoms with E-state index in [-0.39, 0.29) is 42.3 Å². The number of rotatable bonds is 10. The first-order valence-corrected chi connectivity index (χ1v) is 9.88. The van der Waals surface area contributed by atoms with Gasteiger partial charge in [-0.3, -0.25) is 4.79 Å². The molecule has 1 saturated heterocycles. The van der Waals surface area contributed by atoms with E-state index in [0.717, 1.165) is 32.4 Å². The summed E-state index contributed by atoms with van der Waals surface area (Å²) in [6, 6.07) is 10.8. The predicted molar refractivity (Wildman–Crippen MR) is 119 cm³/mol. The molecule has 1 aromatic carbocycles. The second-order valence-electron chi connectivity index (χ2n) is 7.44. The summed E-state index contributed by atoms with van der Waals surface area (Å²) in [5.74, 6) is 0.858. The molecule has 4 nitrogen and oxygen atoms in total. The fourth-order valence-electron chi connectivity index (χ4n) is 3.69. The summed E-state index contributed by atoms with van der Waals surface area (Å²) in [6.45, 7) is 9.46. The number of benzene rings is 1. The van der Waals surface area contributed by atoms with E-state index in [1.165, 1.54) is 12.0 Å². The second kappa shape index (κ2) is 13.4. The Morgan fingerprint density at radius 3 is 2.44 bits per heavy atom. The SMILES string of the molecule is CCC(CC)(CNC(=O)CCC1CCNC1)NC(C)c1ccccc1.Cl.Cl. The topological polar surface area (TPSA) is 53.2 Å². The summed E-state index contributed by atoms with van der Waals surface area (Å²) >= 11 is 0. The van der Waals surface area contributed by atoms with Crippen molar-refractivity contribution in [1.82, 2.24) is 16.0 Å². The van der Waals surface area contributed by atoms with Gasteiger partial charge in [0.1, 0.15) is 0 Å². The first-order valence-electron chi connectivity index (χ1n) is 9.88. The van der Waals surface area contributed by atoms with Crippen LogP contribution in [-0.2, 0) is 4.79 Å². The molecule has 1 aliphatic rings. The van der Waals surface area contributed by atoms with Crippen molar-refractivity contribution >= 4 is 30.7 Å². The highest BCUT2D eigenvalue weighted by Crippen LogP contribution is 2.22. The van der Waals surface area contributed by atoms with Gasteiger partial charge >= 0.3 is 0 Å². The number of nitrogens with one attached hydrogen (secondary N) is 3. The van der Waals surface area contributed by atoms with Crippen molar-refractivity contribution in [2.75, 3.05) is 19.6 Å². The predicted octanol–water partition coefficient (Wildman–Crippen LogP) is 4.25. The van der Waals surface area contributed by atoms with Crippen LogP contribution in [0.25, 0.3) is 0 Å². The second-order valence-corrected chi connectivity index (χ2v) is 7.44. The minimum Gasteiger partial charge on any atom is -0.354 e. The Balaban J connectivity index is 0.00000338. The van der Waals surface area contributed by atoms with Crippen LogP contribution in [0.15, 0.2) is 30.3 Å². The van der Waals surface area contributed by atoms with Crippen LogP contribution in [0.5, 0.6) is 0 Å². The van der Waals surface area contributed by atoms with Crippen LogP contribution in [-0.4, -0.2) is 31.1 Å². The standard InChI is InChI=1S/C21H35N3O.2ClH/c1-4-21(5-2,24-17(3)19-9-7-6-8-10-19)16-23-20(25)12-11-18-13-14-22-15-18;;/h6-10,17-18,22,24H,4-5,11-16H2,1-3H3,(H,23,25);2*1H. The largest absolute Gasteiger partial charge is 0.354 e. The van der Waals surface area contributed by atoms with Gasteiger partial charge in [0.15, 0.2) is 0 Å². The maximum Gasteiger partial charge on any atom is 0.220 e. The first-order chi connectivity index (χ1) is 12.1. The molecule has 2 atom stereocenters. The van der Waals surface area contributed by atoms with E-state index in [9.17, 15) is 4.79 Å². The Morgan fingerprint density at radius 2 is 1.89 bits per heavy atom. The molecule has 1 amide bonds. The third-order valence-electron chi connectivity index (χ3n) is 5.74. The third kappa shape index (κ3) is 8.39. The van der Waals surface area contributed by atoms with E-state index < -0.39 is 0 Å². The molecule has 1 fully saturated rings. The smallest absolute Gasteiger partial charge is 0.220 e. The van der Waals surface area contributed by atoms with Crippen LogP contribution in [0, 0.1) is 5.92 Å². The van der Waals surface area contributed by atoms with Crippen LogP contribution in [0.2, 0.25) is 0 Å². The van der Waals surface area contributed by atoms with Gasteiger partial charge in [-0.15, -0.1) is 24.8 Å². The average Bonchev–Trinajstić information content (AvgIpc) is 3.17. The molecule has 0 aromatic heterocycles. The molecule has 6 heteroatoms. The number of hydrogen-bond acceptors (Lipinski definition) is 3. The zero-order valence-electron chi connectivity index (χ0n) is 16.9. The Kier molecular flexibility index (Phi) is 13.0. The molecule has 0 spiro atoms. The minimum atomic E-state index is -0.0557. The lowest BCUT2D eigenvalue weighted by atomic mass is 9.90. The van der Waals surface area contributed by atoms with Crippen molar-refractivity contribution in [1.29, 1.82) is 0 Å². The van der Waals surface area contributed by atoms with Gasteiger partial charge in [0.2, 0.25) is 5.91 Å². The van der Waals surface area contributed by atoms with E-state index in [2.05, 4.69) is 61.0 Å². The van der Waals surface area contributed by atoms with Crippen LogP contribution in [0.4, 0.5) is 0 Å². The van der Waals surface area contributed by atoms with E-state index in [1.54, 1.807) is 0 Å².